The summed E-state index contributed by atoms with van der Waals surface area (Å²) in [6, 6.07) is 13.2. The van der Waals surface area contributed by atoms with E-state index in [1.54, 1.807) is 30.3 Å². The molecule has 3 rings (SSSR count). The van der Waals surface area contributed by atoms with E-state index >= 15 is 0 Å². The number of sulfone groups is 1. The highest BCUT2D eigenvalue weighted by atomic mass is 35.5. The van der Waals surface area contributed by atoms with Gasteiger partial charge in [0.25, 0.3) is 0 Å². The van der Waals surface area contributed by atoms with E-state index in [-0.39, 0.29) is 16.5 Å². The van der Waals surface area contributed by atoms with Gasteiger partial charge in [0.1, 0.15) is 0 Å². The van der Waals surface area contributed by atoms with Gasteiger partial charge in [0.05, 0.1) is 27.2 Å². The molecule has 2 N–H and O–H groups in total. The number of nitrogens with two attached hydrogens (primary N) is 1. The predicted molar refractivity (Wildman–Crippen MR) is 112 cm³/mol. The van der Waals surface area contributed by atoms with Crippen molar-refractivity contribution in [2.45, 2.75) is 23.0 Å². The Morgan fingerprint density at radius 1 is 1.19 bits per heavy atom. The van der Waals surface area contributed by atoms with Crippen LogP contribution in [0.5, 0.6) is 0 Å². The van der Waals surface area contributed by atoms with Gasteiger partial charge in [0.2, 0.25) is 0 Å². The Balaban J connectivity index is 2.12. The minimum Gasteiger partial charge on any atom is -0.393 e. The van der Waals surface area contributed by atoms with Gasteiger partial charge < -0.3 is 10.5 Å². The SMILES string of the molecule is CCOC[C@]1(C(N)=S)[C@@H](c2cccc(Cl)c2)[C@@H]1S(=O)(=O)c1ccc(Cl)cc1. The summed E-state index contributed by atoms with van der Waals surface area (Å²) in [6.45, 7) is 2.40. The van der Waals surface area contributed by atoms with Crippen LogP contribution in [-0.2, 0) is 14.6 Å². The highest BCUT2D eigenvalue weighted by molar-refractivity contribution is 7.92. The number of thiocarbonyl (C=S) groups is 1. The molecule has 0 saturated heterocycles. The van der Waals surface area contributed by atoms with Gasteiger partial charge in [-0.25, -0.2) is 8.42 Å². The van der Waals surface area contributed by atoms with Gasteiger partial charge in [0, 0.05) is 22.6 Å². The molecule has 3 atom stereocenters. The van der Waals surface area contributed by atoms with Crippen LogP contribution >= 0.6 is 35.4 Å². The first-order valence-corrected chi connectivity index (χ1v) is 11.1. The standard InChI is InChI=1S/C19H19Cl2NO3S2/c1-2-25-11-19(18(22)26)16(12-4-3-5-14(21)10-12)17(19)27(23,24)15-8-6-13(20)7-9-15/h3-10,16-17H,2,11H2,1H3,(H2,22,26)/t16-,17-,19-/m0/s1. The fraction of sp³-hybridized carbons (Fsp3) is 0.316. The van der Waals surface area contributed by atoms with E-state index in [1.807, 2.05) is 13.0 Å². The number of benzene rings is 2. The largest absolute Gasteiger partial charge is 0.393 e. The molecule has 2 aromatic rings. The molecule has 0 amide bonds. The van der Waals surface area contributed by atoms with Crippen LogP contribution in [-0.4, -0.2) is 31.9 Å². The Hall–Kier alpha value is -1.18. The summed E-state index contributed by atoms with van der Waals surface area (Å²) in [6.07, 6.45) is 0. The van der Waals surface area contributed by atoms with Crippen molar-refractivity contribution in [3.05, 3.63) is 64.1 Å². The smallest absolute Gasteiger partial charge is 0.182 e. The van der Waals surface area contributed by atoms with Crippen molar-refractivity contribution in [1.82, 2.24) is 0 Å². The van der Waals surface area contributed by atoms with Crippen molar-refractivity contribution in [3.63, 3.8) is 0 Å². The Bertz CT molecular complexity index is 963. The molecule has 1 fully saturated rings. The normalized spacial score (nSPS) is 24.6. The Morgan fingerprint density at radius 2 is 1.85 bits per heavy atom. The van der Waals surface area contributed by atoms with Crippen molar-refractivity contribution in [3.8, 4) is 0 Å². The van der Waals surface area contributed by atoms with E-state index in [0.717, 1.165) is 5.56 Å². The summed E-state index contributed by atoms with van der Waals surface area (Å²) in [5.41, 5.74) is 5.86. The number of hydrogen-bond acceptors (Lipinski definition) is 4. The first-order chi connectivity index (χ1) is 12.7. The average Bonchev–Trinajstić information content (AvgIpc) is 3.32. The molecule has 0 bridgehead atoms. The molecular formula is C19H19Cl2NO3S2. The van der Waals surface area contributed by atoms with Gasteiger partial charge in [-0.2, -0.15) is 0 Å². The lowest BCUT2D eigenvalue weighted by molar-refractivity contribution is 0.121. The molecule has 0 aliphatic heterocycles. The molecule has 27 heavy (non-hydrogen) atoms. The predicted octanol–water partition coefficient (Wildman–Crippen LogP) is 4.24. The highest BCUT2D eigenvalue weighted by Gasteiger charge is 2.73. The van der Waals surface area contributed by atoms with Crippen LogP contribution in [0.2, 0.25) is 10.0 Å². The monoisotopic (exact) mass is 443 g/mol. The molecule has 8 heteroatoms. The second-order valence-electron chi connectivity index (χ2n) is 6.49. The zero-order chi connectivity index (χ0) is 19.8. The Labute approximate surface area is 174 Å². The topological polar surface area (TPSA) is 69.4 Å². The Kier molecular flexibility index (Phi) is 5.85. The van der Waals surface area contributed by atoms with E-state index in [9.17, 15) is 8.42 Å². The van der Waals surface area contributed by atoms with E-state index in [2.05, 4.69) is 0 Å². The van der Waals surface area contributed by atoms with Crippen LogP contribution in [0, 0.1) is 5.41 Å². The van der Waals surface area contributed by atoms with Gasteiger partial charge >= 0.3 is 0 Å². The zero-order valence-electron chi connectivity index (χ0n) is 14.6. The van der Waals surface area contributed by atoms with E-state index in [0.29, 0.717) is 16.7 Å². The summed E-state index contributed by atoms with van der Waals surface area (Å²) in [7, 11) is -3.72. The number of ether oxygens (including phenoxy) is 1. The quantitative estimate of drug-likeness (QED) is 0.647. The third-order valence-electron chi connectivity index (χ3n) is 4.94. The van der Waals surface area contributed by atoms with Gasteiger partial charge in [0.15, 0.2) is 9.84 Å². The first kappa shape index (κ1) is 20.6. The van der Waals surface area contributed by atoms with E-state index in [1.165, 1.54) is 12.1 Å². The van der Waals surface area contributed by atoms with Gasteiger partial charge in [-0.3, -0.25) is 0 Å². The van der Waals surface area contributed by atoms with Crippen molar-refractivity contribution < 1.29 is 13.2 Å². The fourth-order valence-electron chi connectivity index (χ4n) is 3.61. The lowest BCUT2D eigenvalue weighted by Gasteiger charge is -2.17. The molecule has 1 aliphatic carbocycles. The minimum absolute atomic E-state index is 0.128. The first-order valence-electron chi connectivity index (χ1n) is 8.37. The second-order valence-corrected chi connectivity index (χ2v) is 9.88. The molecule has 4 nitrogen and oxygen atoms in total. The van der Waals surface area contributed by atoms with Crippen molar-refractivity contribution in [2.75, 3.05) is 13.2 Å². The zero-order valence-corrected chi connectivity index (χ0v) is 17.7. The van der Waals surface area contributed by atoms with Crippen LogP contribution in [0.25, 0.3) is 0 Å². The molecular weight excluding hydrogens is 425 g/mol. The molecule has 0 unspecified atom stereocenters. The van der Waals surface area contributed by atoms with Crippen LogP contribution < -0.4 is 5.73 Å². The third-order valence-corrected chi connectivity index (χ3v) is 8.10. The lowest BCUT2D eigenvalue weighted by atomic mass is 10.00. The molecule has 0 heterocycles. The van der Waals surface area contributed by atoms with Crippen LogP contribution in [0.4, 0.5) is 0 Å². The number of rotatable bonds is 7. The number of halogens is 2. The summed E-state index contributed by atoms with van der Waals surface area (Å²) >= 11 is 17.3. The van der Waals surface area contributed by atoms with Crippen LogP contribution in [0.15, 0.2) is 53.4 Å². The molecule has 144 valence electrons. The summed E-state index contributed by atoms with van der Waals surface area (Å²) < 4.78 is 32.4. The molecule has 0 aromatic heterocycles. The van der Waals surface area contributed by atoms with Crippen LogP contribution in [0.3, 0.4) is 0 Å². The number of hydrogen-bond donors (Lipinski definition) is 1. The highest BCUT2D eigenvalue weighted by Crippen LogP contribution is 2.64. The lowest BCUT2D eigenvalue weighted by Crippen LogP contribution is -2.33. The molecule has 2 aromatic carbocycles. The Morgan fingerprint density at radius 3 is 2.41 bits per heavy atom. The van der Waals surface area contributed by atoms with Crippen molar-refractivity contribution in [1.29, 1.82) is 0 Å². The van der Waals surface area contributed by atoms with E-state index < -0.39 is 26.4 Å². The summed E-state index contributed by atoms with van der Waals surface area (Å²) in [4.78, 5) is 0.307. The molecule has 0 spiro atoms. The van der Waals surface area contributed by atoms with Gasteiger partial charge in [-0.05, 0) is 48.9 Å². The summed E-state index contributed by atoms with van der Waals surface area (Å²) in [5.74, 6) is -0.430. The molecule has 1 aliphatic rings. The molecule has 1 saturated carbocycles. The minimum atomic E-state index is -3.72. The summed E-state index contributed by atoms with van der Waals surface area (Å²) in [5, 5.41) is 0.162. The average molecular weight is 444 g/mol. The van der Waals surface area contributed by atoms with Crippen molar-refractivity contribution >= 4 is 50.2 Å². The molecule has 0 radical (unpaired) electrons. The van der Waals surface area contributed by atoms with Crippen LogP contribution in [0.1, 0.15) is 18.4 Å². The van der Waals surface area contributed by atoms with E-state index in [4.69, 9.17) is 45.9 Å². The second kappa shape index (κ2) is 7.68. The third kappa shape index (κ3) is 3.61. The maximum atomic E-state index is 13.4. The van der Waals surface area contributed by atoms with Gasteiger partial charge in [-0.15, -0.1) is 0 Å². The van der Waals surface area contributed by atoms with Crippen molar-refractivity contribution in [2.24, 2.45) is 11.1 Å². The maximum absolute atomic E-state index is 13.4. The maximum Gasteiger partial charge on any atom is 0.182 e. The van der Waals surface area contributed by atoms with Gasteiger partial charge in [-0.1, -0.05) is 47.6 Å². The fourth-order valence-corrected chi connectivity index (χ4v) is 6.71.